The number of methoxy groups -OCH3 is 1. The van der Waals surface area contributed by atoms with Gasteiger partial charge in [-0.15, -0.1) is 11.3 Å². The van der Waals surface area contributed by atoms with Gasteiger partial charge in [0.2, 0.25) is 0 Å². The van der Waals surface area contributed by atoms with Gasteiger partial charge in [-0.3, -0.25) is 10.1 Å². The fraction of sp³-hybridized carbons (Fsp3) is 0.200. The number of fused-ring (bicyclic) bond motifs is 1. The topological polar surface area (TPSA) is 59.6 Å². The maximum Gasteiger partial charge on any atom is 0.269 e. The molecule has 146 valence electrons. The van der Waals surface area contributed by atoms with E-state index in [1.807, 2.05) is 49.4 Å². The molecule has 0 bridgehead atoms. The van der Waals surface area contributed by atoms with Crippen LogP contribution in [0.3, 0.4) is 0 Å². The van der Waals surface area contributed by atoms with Crippen LogP contribution in [0.4, 0.5) is 5.69 Å². The van der Waals surface area contributed by atoms with Crippen LogP contribution >= 0.6 is 35.2 Å². The van der Waals surface area contributed by atoms with Crippen LogP contribution in [0.15, 0.2) is 42.5 Å². The summed E-state index contributed by atoms with van der Waals surface area (Å²) in [6, 6.07) is 12.9. The molecule has 0 aliphatic carbocycles. The summed E-state index contributed by atoms with van der Waals surface area (Å²) in [5.41, 5.74) is 0.728. The molecule has 0 unspecified atom stereocenters. The molecule has 0 spiro atoms. The minimum Gasteiger partial charge on any atom is -0.497 e. The van der Waals surface area contributed by atoms with Crippen molar-refractivity contribution in [3.8, 4) is 11.5 Å². The van der Waals surface area contributed by atoms with E-state index >= 15 is 0 Å². The Morgan fingerprint density at radius 2 is 2.04 bits per heavy atom. The predicted molar refractivity (Wildman–Crippen MR) is 119 cm³/mol. The van der Waals surface area contributed by atoms with E-state index in [0.29, 0.717) is 22.3 Å². The zero-order valence-corrected chi connectivity index (χ0v) is 17.8. The number of carbonyl (C=O) groups excluding carboxylic acids is 1. The lowest BCUT2D eigenvalue weighted by Crippen LogP contribution is -2.33. The van der Waals surface area contributed by atoms with Gasteiger partial charge in [0.15, 0.2) is 5.11 Å². The van der Waals surface area contributed by atoms with E-state index < -0.39 is 0 Å². The molecule has 0 radical (unpaired) electrons. The average molecular weight is 435 g/mol. The highest BCUT2D eigenvalue weighted by Gasteiger charge is 2.18. The van der Waals surface area contributed by atoms with Gasteiger partial charge in [0.25, 0.3) is 5.91 Å². The van der Waals surface area contributed by atoms with Crippen molar-refractivity contribution in [1.82, 2.24) is 5.32 Å². The van der Waals surface area contributed by atoms with Crippen molar-refractivity contribution in [3.05, 3.63) is 52.4 Å². The number of hydrogen-bond donors (Lipinski definition) is 2. The number of halogens is 1. The van der Waals surface area contributed by atoms with Crippen molar-refractivity contribution < 1.29 is 14.3 Å². The molecule has 3 aromatic rings. The number of nitrogens with one attached hydrogen (secondary N) is 2. The Morgan fingerprint density at radius 3 is 2.79 bits per heavy atom. The van der Waals surface area contributed by atoms with Gasteiger partial charge in [0.05, 0.1) is 18.7 Å². The fourth-order valence-corrected chi connectivity index (χ4v) is 4.18. The van der Waals surface area contributed by atoms with E-state index in [2.05, 4.69) is 10.6 Å². The van der Waals surface area contributed by atoms with Crippen LogP contribution in [0.2, 0.25) is 5.02 Å². The van der Waals surface area contributed by atoms with Crippen molar-refractivity contribution in [1.29, 1.82) is 0 Å². The molecule has 0 aliphatic heterocycles. The van der Waals surface area contributed by atoms with Gasteiger partial charge >= 0.3 is 0 Å². The summed E-state index contributed by atoms with van der Waals surface area (Å²) in [6.07, 6.45) is 0.925. The maximum absolute atomic E-state index is 12.6. The first-order valence-corrected chi connectivity index (χ1v) is 10.2. The lowest BCUT2D eigenvalue weighted by molar-refractivity contribution is 0.0982. The largest absolute Gasteiger partial charge is 0.497 e. The first kappa shape index (κ1) is 20.4. The second-order valence-electron chi connectivity index (χ2n) is 5.89. The molecule has 0 aliphatic rings. The Hall–Kier alpha value is -2.35. The first-order valence-electron chi connectivity index (χ1n) is 8.63. The van der Waals surface area contributed by atoms with Crippen molar-refractivity contribution in [2.24, 2.45) is 0 Å². The molecule has 3 rings (SSSR count). The molecule has 8 heteroatoms. The monoisotopic (exact) mass is 434 g/mol. The van der Waals surface area contributed by atoms with Crippen LogP contribution in [0, 0.1) is 0 Å². The standard InChI is InChI=1S/C20H19ClN2O3S2/c1-3-9-26-14-6-4-5-12(10-14)22-20(27)23-19(24)18-17(21)15-8-7-13(25-2)11-16(15)28-18/h4-8,10-11H,3,9H2,1-2H3,(H2,22,23,24,27). The van der Waals surface area contributed by atoms with Crippen molar-refractivity contribution >= 4 is 61.9 Å². The number of benzene rings is 2. The Kier molecular flexibility index (Phi) is 6.72. The van der Waals surface area contributed by atoms with Crippen LogP contribution in [0.1, 0.15) is 23.0 Å². The molecule has 1 aromatic heterocycles. The van der Waals surface area contributed by atoms with E-state index in [0.717, 1.165) is 27.9 Å². The number of ether oxygens (including phenoxy) is 2. The quantitative estimate of drug-likeness (QED) is 0.503. The summed E-state index contributed by atoms with van der Waals surface area (Å²) in [5.74, 6) is 1.09. The van der Waals surface area contributed by atoms with Gasteiger partial charge < -0.3 is 14.8 Å². The summed E-state index contributed by atoms with van der Waals surface area (Å²) >= 11 is 12.9. The lowest BCUT2D eigenvalue weighted by Gasteiger charge is -2.11. The number of thiophene rings is 1. The van der Waals surface area contributed by atoms with E-state index in [1.54, 1.807) is 7.11 Å². The van der Waals surface area contributed by atoms with Gasteiger partial charge in [-0.25, -0.2) is 0 Å². The smallest absolute Gasteiger partial charge is 0.269 e. The molecule has 2 N–H and O–H groups in total. The van der Waals surface area contributed by atoms with Gasteiger partial charge in [-0.2, -0.15) is 0 Å². The molecular formula is C20H19ClN2O3S2. The number of thiocarbonyl (C=S) groups is 1. The zero-order chi connectivity index (χ0) is 20.1. The third kappa shape index (κ3) is 4.73. The van der Waals surface area contributed by atoms with Crippen molar-refractivity contribution in [2.45, 2.75) is 13.3 Å². The minimum absolute atomic E-state index is 0.184. The van der Waals surface area contributed by atoms with E-state index in [1.165, 1.54) is 11.3 Å². The molecule has 1 amide bonds. The van der Waals surface area contributed by atoms with E-state index in [-0.39, 0.29) is 11.0 Å². The fourth-order valence-electron chi connectivity index (χ4n) is 2.52. The van der Waals surface area contributed by atoms with Gasteiger partial charge in [0.1, 0.15) is 16.4 Å². The Bertz CT molecular complexity index is 1020. The number of hydrogen-bond acceptors (Lipinski definition) is 5. The highest BCUT2D eigenvalue weighted by atomic mass is 35.5. The molecule has 0 fully saturated rings. The minimum atomic E-state index is -0.360. The normalized spacial score (nSPS) is 10.5. The van der Waals surface area contributed by atoms with Crippen molar-refractivity contribution in [2.75, 3.05) is 19.0 Å². The average Bonchev–Trinajstić information content (AvgIpc) is 3.02. The molecule has 0 atom stereocenters. The second kappa shape index (κ2) is 9.23. The SMILES string of the molecule is CCCOc1cccc(NC(=S)NC(=O)c2sc3cc(OC)ccc3c2Cl)c1. The second-order valence-corrected chi connectivity index (χ2v) is 7.73. The van der Waals surface area contributed by atoms with Crippen LogP contribution in [0.25, 0.3) is 10.1 Å². The summed E-state index contributed by atoms with van der Waals surface area (Å²) in [7, 11) is 1.59. The van der Waals surface area contributed by atoms with Crippen LogP contribution in [-0.2, 0) is 0 Å². The van der Waals surface area contributed by atoms with Crippen LogP contribution < -0.4 is 20.1 Å². The summed E-state index contributed by atoms with van der Waals surface area (Å²) < 4.78 is 11.7. The summed E-state index contributed by atoms with van der Waals surface area (Å²) in [4.78, 5) is 13.0. The molecule has 5 nitrogen and oxygen atoms in total. The van der Waals surface area contributed by atoms with Crippen molar-refractivity contribution in [3.63, 3.8) is 0 Å². The van der Waals surface area contributed by atoms with Crippen LogP contribution in [0.5, 0.6) is 11.5 Å². The van der Waals surface area contributed by atoms with Crippen LogP contribution in [-0.4, -0.2) is 24.7 Å². The molecule has 0 saturated heterocycles. The zero-order valence-electron chi connectivity index (χ0n) is 15.4. The predicted octanol–water partition coefficient (Wildman–Crippen LogP) is 5.48. The molecule has 0 saturated carbocycles. The molecular weight excluding hydrogens is 416 g/mol. The number of carbonyl (C=O) groups is 1. The Morgan fingerprint density at radius 1 is 1.21 bits per heavy atom. The lowest BCUT2D eigenvalue weighted by atomic mass is 10.2. The Labute approximate surface area is 177 Å². The summed E-state index contributed by atoms with van der Waals surface area (Å²) in [6.45, 7) is 2.68. The number of anilines is 1. The third-order valence-electron chi connectivity index (χ3n) is 3.83. The maximum atomic E-state index is 12.6. The summed E-state index contributed by atoms with van der Waals surface area (Å²) in [5, 5.41) is 7.05. The van der Waals surface area contributed by atoms with Gasteiger partial charge in [0, 0.05) is 21.8 Å². The third-order valence-corrected chi connectivity index (χ3v) is 5.69. The highest BCUT2D eigenvalue weighted by molar-refractivity contribution is 7.80. The van der Waals surface area contributed by atoms with E-state index in [4.69, 9.17) is 33.3 Å². The number of rotatable bonds is 6. The van der Waals surface area contributed by atoms with E-state index in [9.17, 15) is 4.79 Å². The highest BCUT2D eigenvalue weighted by Crippen LogP contribution is 2.37. The Balaban J connectivity index is 1.70. The molecule has 1 heterocycles. The van der Waals surface area contributed by atoms with Gasteiger partial charge in [-0.05, 0) is 49.0 Å². The van der Waals surface area contributed by atoms with Gasteiger partial charge in [-0.1, -0.05) is 24.6 Å². The molecule has 28 heavy (non-hydrogen) atoms. The number of amides is 1. The first-order chi connectivity index (χ1) is 13.5. The molecule has 2 aromatic carbocycles.